The van der Waals surface area contributed by atoms with Crippen LogP contribution in [-0.2, 0) is 12.8 Å². The van der Waals surface area contributed by atoms with Crippen LogP contribution in [0, 0.1) is 5.82 Å². The maximum absolute atomic E-state index is 13.0. The summed E-state index contributed by atoms with van der Waals surface area (Å²) >= 11 is 1.76. The van der Waals surface area contributed by atoms with E-state index in [-0.39, 0.29) is 11.9 Å². The highest BCUT2D eigenvalue weighted by molar-refractivity contribution is 7.09. The van der Waals surface area contributed by atoms with Crippen molar-refractivity contribution in [3.63, 3.8) is 0 Å². The Bertz CT molecular complexity index is 453. The van der Waals surface area contributed by atoms with Gasteiger partial charge in [-0.15, -0.1) is 11.3 Å². The van der Waals surface area contributed by atoms with Crippen molar-refractivity contribution in [3.05, 3.63) is 58.0 Å². The summed E-state index contributed by atoms with van der Waals surface area (Å²) in [6.07, 6.45) is 2.69. The highest BCUT2D eigenvalue weighted by Crippen LogP contribution is 2.13. The highest BCUT2D eigenvalue weighted by Gasteiger charge is 2.05. The molecule has 1 nitrogen and oxygen atoms in total. The second-order valence-electron chi connectivity index (χ2n) is 4.21. The van der Waals surface area contributed by atoms with E-state index in [1.807, 2.05) is 6.07 Å². The molecule has 2 aromatic rings. The minimum absolute atomic E-state index is 0.0962. The number of halogens is 1. The van der Waals surface area contributed by atoms with Gasteiger partial charge in [-0.2, -0.15) is 0 Å². The fourth-order valence-corrected chi connectivity index (χ4v) is 2.58. The molecule has 1 aromatic carbocycles. The molecule has 0 fully saturated rings. The van der Waals surface area contributed by atoms with Gasteiger partial charge in [0.25, 0.3) is 0 Å². The van der Waals surface area contributed by atoms with E-state index in [0.29, 0.717) is 0 Å². The molecule has 0 saturated heterocycles. The summed E-state index contributed by atoms with van der Waals surface area (Å²) in [6, 6.07) is 11.0. The molecule has 2 rings (SSSR count). The van der Waals surface area contributed by atoms with Gasteiger partial charge in [0.15, 0.2) is 0 Å². The van der Waals surface area contributed by atoms with Crippen molar-refractivity contribution in [2.45, 2.75) is 25.3 Å². The fourth-order valence-electron chi connectivity index (χ4n) is 1.85. The molecule has 0 spiro atoms. The van der Waals surface area contributed by atoms with Gasteiger partial charge in [-0.25, -0.2) is 4.39 Å². The lowest BCUT2D eigenvalue weighted by Crippen LogP contribution is -2.23. The molecule has 90 valence electrons. The Labute approximate surface area is 105 Å². The van der Waals surface area contributed by atoms with E-state index in [9.17, 15) is 4.39 Å². The quantitative estimate of drug-likeness (QED) is 0.863. The number of aryl methyl sites for hydroxylation is 1. The average Bonchev–Trinajstić information content (AvgIpc) is 2.79. The Hall–Kier alpha value is -1.19. The van der Waals surface area contributed by atoms with Crippen LogP contribution in [0.3, 0.4) is 0 Å². The predicted octanol–water partition coefficient (Wildman–Crippen LogP) is 3.39. The Morgan fingerprint density at radius 1 is 1.24 bits per heavy atom. The molecule has 0 radical (unpaired) electrons. The molecule has 1 unspecified atom stereocenters. The number of nitrogens with two attached hydrogens (primary N) is 1. The molecular formula is C14H16FNS. The van der Waals surface area contributed by atoms with Crippen LogP contribution < -0.4 is 5.73 Å². The Balaban J connectivity index is 1.83. The van der Waals surface area contributed by atoms with Gasteiger partial charge in [0.1, 0.15) is 5.82 Å². The van der Waals surface area contributed by atoms with Crippen LogP contribution in [-0.4, -0.2) is 6.04 Å². The molecule has 3 heteroatoms. The maximum atomic E-state index is 13.0. The Morgan fingerprint density at radius 3 is 2.82 bits per heavy atom. The molecule has 1 aromatic heterocycles. The highest BCUT2D eigenvalue weighted by atomic mass is 32.1. The SMILES string of the molecule is NC(CCc1cccs1)Cc1cccc(F)c1. The third kappa shape index (κ3) is 3.95. The first-order chi connectivity index (χ1) is 8.24. The van der Waals surface area contributed by atoms with Crippen LogP contribution >= 0.6 is 11.3 Å². The van der Waals surface area contributed by atoms with Crippen LogP contribution in [0.4, 0.5) is 4.39 Å². The summed E-state index contributed by atoms with van der Waals surface area (Å²) in [6.45, 7) is 0. The van der Waals surface area contributed by atoms with Gasteiger partial charge < -0.3 is 5.73 Å². The van der Waals surface area contributed by atoms with E-state index in [4.69, 9.17) is 5.73 Å². The van der Waals surface area contributed by atoms with Crippen LogP contribution in [0.1, 0.15) is 16.9 Å². The lowest BCUT2D eigenvalue weighted by Gasteiger charge is -2.10. The van der Waals surface area contributed by atoms with Crippen LogP contribution in [0.2, 0.25) is 0 Å². The topological polar surface area (TPSA) is 26.0 Å². The molecule has 0 aliphatic rings. The summed E-state index contributed by atoms with van der Waals surface area (Å²) in [5, 5.41) is 2.08. The first-order valence-electron chi connectivity index (χ1n) is 5.76. The third-order valence-electron chi connectivity index (χ3n) is 2.73. The smallest absolute Gasteiger partial charge is 0.123 e. The maximum Gasteiger partial charge on any atom is 0.123 e. The number of hydrogen-bond acceptors (Lipinski definition) is 2. The van der Waals surface area contributed by atoms with Gasteiger partial charge in [-0.1, -0.05) is 18.2 Å². The molecule has 0 aliphatic heterocycles. The lowest BCUT2D eigenvalue weighted by atomic mass is 10.0. The summed E-state index contributed by atoms with van der Waals surface area (Å²) in [4.78, 5) is 1.36. The van der Waals surface area contributed by atoms with E-state index in [1.54, 1.807) is 23.5 Å². The van der Waals surface area contributed by atoms with Gasteiger partial charge in [0, 0.05) is 10.9 Å². The summed E-state index contributed by atoms with van der Waals surface area (Å²) in [5.41, 5.74) is 7.03. The zero-order valence-electron chi connectivity index (χ0n) is 9.60. The monoisotopic (exact) mass is 249 g/mol. The number of hydrogen-bond donors (Lipinski definition) is 1. The van der Waals surface area contributed by atoms with E-state index < -0.39 is 0 Å². The van der Waals surface area contributed by atoms with Crippen molar-refractivity contribution in [1.82, 2.24) is 0 Å². The van der Waals surface area contributed by atoms with Gasteiger partial charge in [-0.3, -0.25) is 0 Å². The van der Waals surface area contributed by atoms with Crippen molar-refractivity contribution in [3.8, 4) is 0 Å². The molecule has 0 aliphatic carbocycles. The van der Waals surface area contributed by atoms with Crippen molar-refractivity contribution in [2.75, 3.05) is 0 Å². The predicted molar refractivity (Wildman–Crippen MR) is 70.7 cm³/mol. The summed E-state index contributed by atoms with van der Waals surface area (Å²) in [7, 11) is 0. The number of rotatable bonds is 5. The second-order valence-corrected chi connectivity index (χ2v) is 5.24. The average molecular weight is 249 g/mol. The normalized spacial score (nSPS) is 12.6. The molecule has 17 heavy (non-hydrogen) atoms. The van der Waals surface area contributed by atoms with Crippen molar-refractivity contribution in [1.29, 1.82) is 0 Å². The van der Waals surface area contributed by atoms with Crippen LogP contribution in [0.25, 0.3) is 0 Å². The van der Waals surface area contributed by atoms with E-state index in [0.717, 1.165) is 24.8 Å². The summed E-state index contributed by atoms with van der Waals surface area (Å²) < 4.78 is 13.0. The Kier molecular flexibility index (Phi) is 4.29. The van der Waals surface area contributed by atoms with E-state index in [2.05, 4.69) is 17.5 Å². The standard InChI is InChI=1S/C14H16FNS/c15-12-4-1-3-11(9-12)10-13(16)6-7-14-5-2-8-17-14/h1-5,8-9,13H,6-7,10,16H2. The summed E-state index contributed by atoms with van der Waals surface area (Å²) in [5.74, 6) is -0.187. The number of benzene rings is 1. The van der Waals surface area contributed by atoms with Gasteiger partial charge in [-0.05, 0) is 48.4 Å². The molecule has 0 saturated carbocycles. The van der Waals surface area contributed by atoms with E-state index in [1.165, 1.54) is 10.9 Å². The lowest BCUT2D eigenvalue weighted by molar-refractivity contribution is 0.601. The van der Waals surface area contributed by atoms with Crippen molar-refractivity contribution < 1.29 is 4.39 Å². The minimum atomic E-state index is -0.187. The Morgan fingerprint density at radius 2 is 2.12 bits per heavy atom. The van der Waals surface area contributed by atoms with E-state index >= 15 is 0 Å². The third-order valence-corrected chi connectivity index (χ3v) is 3.66. The molecule has 1 atom stereocenters. The minimum Gasteiger partial charge on any atom is -0.327 e. The van der Waals surface area contributed by atoms with Crippen LogP contribution in [0.15, 0.2) is 41.8 Å². The zero-order valence-corrected chi connectivity index (χ0v) is 10.4. The van der Waals surface area contributed by atoms with Crippen molar-refractivity contribution in [2.24, 2.45) is 5.73 Å². The first-order valence-corrected chi connectivity index (χ1v) is 6.64. The second kappa shape index (κ2) is 5.94. The fraction of sp³-hybridized carbons (Fsp3) is 0.286. The van der Waals surface area contributed by atoms with Crippen molar-refractivity contribution >= 4 is 11.3 Å². The zero-order chi connectivity index (χ0) is 12.1. The largest absolute Gasteiger partial charge is 0.327 e. The van der Waals surface area contributed by atoms with Gasteiger partial charge in [0.2, 0.25) is 0 Å². The molecule has 0 bridgehead atoms. The van der Waals surface area contributed by atoms with Crippen LogP contribution in [0.5, 0.6) is 0 Å². The first kappa shape index (κ1) is 12.3. The molecule has 2 N–H and O–H groups in total. The van der Waals surface area contributed by atoms with Gasteiger partial charge in [0.05, 0.1) is 0 Å². The number of thiophene rings is 1. The van der Waals surface area contributed by atoms with Gasteiger partial charge >= 0.3 is 0 Å². The molecule has 0 amide bonds. The molecular weight excluding hydrogens is 233 g/mol. The molecule has 1 heterocycles.